The lowest BCUT2D eigenvalue weighted by Gasteiger charge is -2.38. The zero-order valence-corrected chi connectivity index (χ0v) is 20.2. The van der Waals surface area contributed by atoms with Gasteiger partial charge in [-0.15, -0.1) is 11.3 Å². The number of nitrogens with one attached hydrogen (secondary N) is 1. The Labute approximate surface area is 195 Å². The smallest absolute Gasteiger partial charge is 0.256 e. The van der Waals surface area contributed by atoms with E-state index < -0.39 is 0 Å². The van der Waals surface area contributed by atoms with Crippen LogP contribution in [-0.4, -0.2) is 31.0 Å². The zero-order chi connectivity index (χ0) is 22.7. The minimum atomic E-state index is -0.0702. The maximum absolute atomic E-state index is 13.0. The second kappa shape index (κ2) is 9.88. The van der Waals surface area contributed by atoms with Crippen molar-refractivity contribution in [1.29, 1.82) is 0 Å². The van der Waals surface area contributed by atoms with E-state index in [0.717, 1.165) is 35.3 Å². The first-order valence-corrected chi connectivity index (χ1v) is 12.1. The summed E-state index contributed by atoms with van der Waals surface area (Å²) in [5.41, 5.74) is 4.26. The van der Waals surface area contributed by atoms with Crippen molar-refractivity contribution in [2.75, 3.05) is 25.5 Å². The van der Waals surface area contributed by atoms with E-state index in [1.807, 2.05) is 42.5 Å². The van der Waals surface area contributed by atoms with Crippen LogP contribution in [0.2, 0.25) is 0 Å². The minimum absolute atomic E-state index is 0.0367. The molecule has 2 aromatic carbocycles. The van der Waals surface area contributed by atoms with E-state index in [0.29, 0.717) is 5.56 Å². The van der Waals surface area contributed by atoms with Crippen LogP contribution < -0.4 is 10.1 Å². The van der Waals surface area contributed by atoms with Gasteiger partial charge in [0.25, 0.3) is 5.91 Å². The van der Waals surface area contributed by atoms with Crippen molar-refractivity contribution < 1.29 is 9.53 Å². The summed E-state index contributed by atoms with van der Waals surface area (Å²) in [6.07, 6.45) is 2.36. The van der Waals surface area contributed by atoms with E-state index in [9.17, 15) is 4.79 Å². The van der Waals surface area contributed by atoms with Crippen molar-refractivity contribution >= 4 is 22.2 Å². The number of piperidine rings is 1. The van der Waals surface area contributed by atoms with Gasteiger partial charge in [0.15, 0.2) is 0 Å². The molecule has 0 spiro atoms. The SMILES string of the molecule is COc1ccccc1C(c1c(NC(=O)c2ccccc2)sc(C)c1C)N1CCC(C)CC1. The Bertz CT molecular complexity index is 1070. The van der Waals surface area contributed by atoms with Crippen LogP contribution >= 0.6 is 11.3 Å². The summed E-state index contributed by atoms with van der Waals surface area (Å²) in [6, 6.07) is 17.8. The molecule has 5 heteroatoms. The molecule has 1 N–H and O–H groups in total. The fraction of sp³-hybridized carbons (Fsp3) is 0.370. The normalized spacial score (nSPS) is 16.0. The van der Waals surface area contributed by atoms with Crippen molar-refractivity contribution in [3.8, 4) is 5.75 Å². The molecular weight excluding hydrogens is 416 g/mol. The lowest BCUT2D eigenvalue weighted by atomic mass is 9.90. The number of carbonyl (C=O) groups excluding carboxylic acids is 1. The predicted molar refractivity (Wildman–Crippen MR) is 133 cm³/mol. The molecule has 1 atom stereocenters. The van der Waals surface area contributed by atoms with Crippen molar-refractivity contribution in [3.05, 3.63) is 81.7 Å². The van der Waals surface area contributed by atoms with Gasteiger partial charge in [-0.25, -0.2) is 0 Å². The van der Waals surface area contributed by atoms with Crippen LogP contribution in [0.3, 0.4) is 0 Å². The van der Waals surface area contributed by atoms with E-state index in [4.69, 9.17) is 4.74 Å². The molecule has 1 aliphatic heterocycles. The van der Waals surface area contributed by atoms with Gasteiger partial charge in [0.2, 0.25) is 0 Å². The summed E-state index contributed by atoms with van der Waals surface area (Å²) < 4.78 is 5.79. The van der Waals surface area contributed by atoms with Crippen LogP contribution in [0.25, 0.3) is 0 Å². The predicted octanol–water partition coefficient (Wildman–Crippen LogP) is 6.45. The van der Waals surface area contributed by atoms with Crippen LogP contribution in [-0.2, 0) is 0 Å². The second-order valence-corrected chi connectivity index (χ2v) is 9.93. The van der Waals surface area contributed by atoms with Crippen molar-refractivity contribution in [1.82, 2.24) is 4.90 Å². The van der Waals surface area contributed by atoms with Crippen LogP contribution in [0.4, 0.5) is 5.00 Å². The fourth-order valence-corrected chi connectivity index (χ4v) is 5.63. The molecule has 4 rings (SSSR count). The number of thiophene rings is 1. The average molecular weight is 449 g/mol. The number of ether oxygens (including phenoxy) is 1. The molecule has 4 nitrogen and oxygen atoms in total. The molecule has 1 aromatic heterocycles. The maximum Gasteiger partial charge on any atom is 0.256 e. The molecular formula is C27H32N2O2S. The first-order chi connectivity index (χ1) is 15.5. The van der Waals surface area contributed by atoms with E-state index in [1.54, 1.807) is 18.4 Å². The topological polar surface area (TPSA) is 41.6 Å². The number of benzene rings is 2. The molecule has 1 unspecified atom stereocenters. The first-order valence-electron chi connectivity index (χ1n) is 11.3. The summed E-state index contributed by atoms with van der Waals surface area (Å²) in [5.74, 6) is 1.56. The molecule has 3 aromatic rings. The van der Waals surface area contributed by atoms with Gasteiger partial charge < -0.3 is 10.1 Å². The molecule has 32 heavy (non-hydrogen) atoms. The van der Waals surface area contributed by atoms with Gasteiger partial charge in [0.1, 0.15) is 10.8 Å². The van der Waals surface area contributed by atoms with Crippen molar-refractivity contribution in [2.45, 2.75) is 39.7 Å². The highest BCUT2D eigenvalue weighted by Crippen LogP contribution is 2.45. The van der Waals surface area contributed by atoms with Crippen molar-refractivity contribution in [2.24, 2.45) is 5.92 Å². The van der Waals surface area contributed by atoms with Gasteiger partial charge >= 0.3 is 0 Å². The number of rotatable bonds is 6. The number of nitrogens with zero attached hydrogens (tertiary/aromatic N) is 1. The maximum atomic E-state index is 13.0. The molecule has 0 bridgehead atoms. The Morgan fingerprint density at radius 1 is 1.06 bits per heavy atom. The molecule has 1 fully saturated rings. The summed E-state index contributed by atoms with van der Waals surface area (Å²) in [7, 11) is 1.73. The molecule has 1 saturated heterocycles. The standard InChI is InChI=1S/C27H32N2O2S/c1-18-14-16-29(17-15-18)25(22-12-8-9-13-23(22)31-4)24-19(2)20(3)32-27(24)28-26(30)21-10-6-5-7-11-21/h5-13,18,25H,14-17H2,1-4H3,(H,28,30). The Hall–Kier alpha value is -2.63. The molecule has 0 aliphatic carbocycles. The number of hydrogen-bond donors (Lipinski definition) is 1. The Morgan fingerprint density at radius 3 is 2.41 bits per heavy atom. The average Bonchev–Trinajstić information content (AvgIpc) is 3.09. The highest BCUT2D eigenvalue weighted by Gasteiger charge is 2.33. The number of aryl methyl sites for hydroxylation is 1. The lowest BCUT2D eigenvalue weighted by molar-refractivity contribution is 0.102. The van der Waals surface area contributed by atoms with Gasteiger partial charge in [-0.3, -0.25) is 9.69 Å². The number of hydrogen-bond acceptors (Lipinski definition) is 4. The van der Waals surface area contributed by atoms with Gasteiger partial charge in [-0.05, 0) is 69.5 Å². The van der Waals surface area contributed by atoms with Gasteiger partial charge in [-0.2, -0.15) is 0 Å². The van der Waals surface area contributed by atoms with E-state index >= 15 is 0 Å². The highest BCUT2D eigenvalue weighted by atomic mass is 32.1. The number of methoxy groups -OCH3 is 1. The molecule has 0 saturated carbocycles. The van der Waals surface area contributed by atoms with Crippen LogP contribution in [0, 0.1) is 19.8 Å². The molecule has 1 amide bonds. The quantitative estimate of drug-likeness (QED) is 0.471. The number of likely N-dealkylation sites (tertiary alicyclic amines) is 1. The Morgan fingerprint density at radius 2 is 1.72 bits per heavy atom. The summed E-state index contributed by atoms with van der Waals surface area (Å²) in [5, 5.41) is 4.17. The van der Waals surface area contributed by atoms with Crippen LogP contribution in [0.15, 0.2) is 54.6 Å². The second-order valence-electron chi connectivity index (χ2n) is 8.71. The summed E-state index contributed by atoms with van der Waals surface area (Å²) >= 11 is 1.67. The Balaban J connectivity index is 1.79. The molecule has 0 radical (unpaired) electrons. The van der Waals surface area contributed by atoms with E-state index in [2.05, 4.69) is 43.1 Å². The lowest BCUT2D eigenvalue weighted by Crippen LogP contribution is -2.37. The first kappa shape index (κ1) is 22.6. The Kier molecular flexibility index (Phi) is 6.97. The van der Waals surface area contributed by atoms with E-state index in [-0.39, 0.29) is 11.9 Å². The van der Waals surface area contributed by atoms with Crippen LogP contribution in [0.5, 0.6) is 5.75 Å². The third kappa shape index (κ3) is 4.59. The molecule has 168 valence electrons. The zero-order valence-electron chi connectivity index (χ0n) is 19.4. The molecule has 2 heterocycles. The van der Waals surface area contributed by atoms with Gasteiger partial charge in [0.05, 0.1) is 13.2 Å². The number of amides is 1. The molecule has 1 aliphatic rings. The van der Waals surface area contributed by atoms with Gasteiger partial charge in [0, 0.05) is 21.6 Å². The third-order valence-corrected chi connectivity index (χ3v) is 7.72. The monoisotopic (exact) mass is 448 g/mol. The van der Waals surface area contributed by atoms with Crippen molar-refractivity contribution in [3.63, 3.8) is 0 Å². The minimum Gasteiger partial charge on any atom is -0.496 e. The number of para-hydroxylation sites is 1. The summed E-state index contributed by atoms with van der Waals surface area (Å²) in [6.45, 7) is 8.71. The summed E-state index contributed by atoms with van der Waals surface area (Å²) in [4.78, 5) is 16.8. The third-order valence-electron chi connectivity index (χ3n) is 6.59. The number of anilines is 1. The van der Waals surface area contributed by atoms with Gasteiger partial charge in [-0.1, -0.05) is 43.3 Å². The highest BCUT2D eigenvalue weighted by molar-refractivity contribution is 7.16. The van der Waals surface area contributed by atoms with Crippen LogP contribution in [0.1, 0.15) is 57.7 Å². The largest absolute Gasteiger partial charge is 0.496 e. The number of carbonyl (C=O) groups is 1. The fourth-order valence-electron chi connectivity index (χ4n) is 4.55. The van der Waals surface area contributed by atoms with E-state index in [1.165, 1.54) is 28.8 Å².